The Morgan fingerprint density at radius 1 is 1.00 bits per heavy atom. The van der Waals surface area contributed by atoms with Crippen molar-refractivity contribution in [3.63, 3.8) is 0 Å². The lowest BCUT2D eigenvalue weighted by molar-refractivity contribution is -0.530. The molecule has 2 atom stereocenters. The first kappa shape index (κ1) is 27.1. The maximum atomic E-state index is 5.97. The second kappa shape index (κ2) is 11.3. The number of rotatable bonds is 6. The van der Waals surface area contributed by atoms with Gasteiger partial charge >= 0.3 is 0 Å². The van der Waals surface area contributed by atoms with Gasteiger partial charge in [0, 0.05) is 5.57 Å². The smallest absolute Gasteiger partial charge is 0.231 e. The van der Waals surface area contributed by atoms with Crippen LogP contribution < -0.4 is 0 Å². The minimum absolute atomic E-state index is 0.0216. The van der Waals surface area contributed by atoms with Gasteiger partial charge in [0.1, 0.15) is 7.05 Å². The molecule has 5 rings (SSSR count). The Bertz CT molecular complexity index is 1530. The summed E-state index contributed by atoms with van der Waals surface area (Å²) in [4.78, 5) is 0. The molecule has 5 nitrogen and oxygen atoms in total. The Balaban J connectivity index is 1.68. The number of allylic oxidation sites excluding steroid dienone is 4. The Kier molecular flexibility index (Phi) is 7.65. The van der Waals surface area contributed by atoms with E-state index >= 15 is 0 Å². The fourth-order valence-electron chi connectivity index (χ4n) is 5.70. The lowest BCUT2D eigenvalue weighted by Crippen LogP contribution is -2.41. The number of ether oxygens (including phenoxy) is 4. The van der Waals surface area contributed by atoms with Crippen LogP contribution in [0.15, 0.2) is 131 Å². The van der Waals surface area contributed by atoms with Crippen molar-refractivity contribution < 1.29 is 23.5 Å². The first-order valence-corrected chi connectivity index (χ1v) is 13.3. The van der Waals surface area contributed by atoms with Crippen molar-refractivity contribution in [1.82, 2.24) is 0 Å². The van der Waals surface area contributed by atoms with Crippen molar-refractivity contribution in [2.45, 2.75) is 19.9 Å². The van der Waals surface area contributed by atoms with Crippen molar-refractivity contribution >= 4 is 11.8 Å². The molecule has 0 spiro atoms. The zero-order valence-corrected chi connectivity index (χ0v) is 23.9. The normalized spacial score (nSPS) is 23.7. The molecule has 0 radical (unpaired) electrons. The molecule has 3 aliphatic rings. The van der Waals surface area contributed by atoms with Crippen LogP contribution in [0.2, 0.25) is 0 Å². The van der Waals surface area contributed by atoms with Gasteiger partial charge in [-0.3, -0.25) is 0 Å². The zero-order chi connectivity index (χ0) is 28.4. The van der Waals surface area contributed by atoms with Gasteiger partial charge in [-0.15, -0.1) is 0 Å². The van der Waals surface area contributed by atoms with Crippen molar-refractivity contribution in [2.24, 2.45) is 5.92 Å². The van der Waals surface area contributed by atoms with Gasteiger partial charge in [-0.05, 0) is 53.3 Å². The van der Waals surface area contributed by atoms with Crippen molar-refractivity contribution in [1.29, 1.82) is 0 Å². The molecule has 40 heavy (non-hydrogen) atoms. The summed E-state index contributed by atoms with van der Waals surface area (Å²) in [5, 5.41) is 0. The van der Waals surface area contributed by atoms with Gasteiger partial charge in [0.15, 0.2) is 35.3 Å². The van der Waals surface area contributed by atoms with E-state index in [1.807, 2.05) is 12.1 Å². The van der Waals surface area contributed by atoms with E-state index in [0.717, 1.165) is 22.3 Å². The molecular formula is C35H36NO4+. The van der Waals surface area contributed by atoms with E-state index in [9.17, 15) is 0 Å². The molecule has 0 saturated carbocycles. The SMILES string of the molecule is C=C(OC)C(=CC1=C(C)C=CC2C(=C(C)c3ccc(-c4ccccc4)cc3)C(=C3OCOC3=C)C=[N+](C)C12)OC. The maximum absolute atomic E-state index is 5.97. The van der Waals surface area contributed by atoms with Crippen LogP contribution in [-0.4, -0.2) is 44.9 Å². The van der Waals surface area contributed by atoms with Crippen LogP contribution >= 0.6 is 0 Å². The lowest BCUT2D eigenvalue weighted by Gasteiger charge is -2.34. The highest BCUT2D eigenvalue weighted by molar-refractivity contribution is 5.91. The molecule has 0 N–H and O–H groups in total. The molecular weight excluding hydrogens is 498 g/mol. The summed E-state index contributed by atoms with van der Waals surface area (Å²) in [5.74, 6) is 2.35. The minimum Gasteiger partial charge on any atom is -0.494 e. The summed E-state index contributed by atoms with van der Waals surface area (Å²) < 4.78 is 24.9. The number of hydrogen-bond donors (Lipinski definition) is 0. The first-order valence-electron chi connectivity index (χ1n) is 13.3. The lowest BCUT2D eigenvalue weighted by atomic mass is 9.73. The Hall–Kier alpha value is -4.51. The minimum atomic E-state index is 0.0216. The largest absolute Gasteiger partial charge is 0.494 e. The summed E-state index contributed by atoms with van der Waals surface area (Å²) in [7, 11) is 5.33. The number of hydrogen-bond acceptors (Lipinski definition) is 4. The van der Waals surface area contributed by atoms with Gasteiger partial charge < -0.3 is 18.9 Å². The van der Waals surface area contributed by atoms with E-state index in [1.54, 1.807) is 14.2 Å². The highest BCUT2D eigenvalue weighted by Crippen LogP contribution is 2.43. The van der Waals surface area contributed by atoms with E-state index in [1.165, 1.54) is 22.3 Å². The fraction of sp³-hybridized carbons (Fsp3) is 0.229. The molecule has 2 heterocycles. The highest BCUT2D eigenvalue weighted by atomic mass is 16.7. The van der Waals surface area contributed by atoms with Crippen LogP contribution in [0, 0.1) is 5.92 Å². The van der Waals surface area contributed by atoms with E-state index < -0.39 is 0 Å². The summed E-state index contributed by atoms with van der Waals surface area (Å²) in [5.41, 5.74) is 9.15. The first-order chi connectivity index (χ1) is 19.3. The average molecular weight is 535 g/mol. The summed E-state index contributed by atoms with van der Waals surface area (Å²) >= 11 is 0. The summed E-state index contributed by atoms with van der Waals surface area (Å²) in [6.45, 7) is 12.6. The quantitative estimate of drug-likeness (QED) is 0.223. The van der Waals surface area contributed by atoms with Gasteiger partial charge in [0.25, 0.3) is 0 Å². The van der Waals surface area contributed by atoms with Gasteiger partial charge in [-0.2, -0.15) is 0 Å². The van der Waals surface area contributed by atoms with Gasteiger partial charge in [0.05, 0.1) is 25.7 Å². The molecule has 2 unspecified atom stereocenters. The predicted molar refractivity (Wildman–Crippen MR) is 160 cm³/mol. The van der Waals surface area contributed by atoms with E-state index in [4.69, 9.17) is 18.9 Å². The Morgan fingerprint density at radius 2 is 1.70 bits per heavy atom. The van der Waals surface area contributed by atoms with Crippen LogP contribution in [0.5, 0.6) is 0 Å². The molecule has 1 saturated heterocycles. The molecule has 1 fully saturated rings. The molecule has 0 aromatic heterocycles. The van der Waals surface area contributed by atoms with Crippen molar-refractivity contribution in [3.05, 3.63) is 137 Å². The molecule has 0 amide bonds. The molecule has 204 valence electrons. The molecule has 0 bridgehead atoms. The number of benzene rings is 2. The topological polar surface area (TPSA) is 39.9 Å². The fourth-order valence-corrected chi connectivity index (χ4v) is 5.70. The zero-order valence-electron chi connectivity index (χ0n) is 23.9. The van der Waals surface area contributed by atoms with E-state index in [-0.39, 0.29) is 18.8 Å². The Morgan fingerprint density at radius 3 is 2.33 bits per heavy atom. The summed E-state index contributed by atoms with van der Waals surface area (Å²) in [6.07, 6.45) is 8.66. The molecule has 2 aliphatic heterocycles. The van der Waals surface area contributed by atoms with Crippen LogP contribution in [-0.2, 0) is 18.9 Å². The third-order valence-electron chi connectivity index (χ3n) is 7.85. The summed E-state index contributed by atoms with van der Waals surface area (Å²) in [6, 6.07) is 19.2. The third-order valence-corrected chi connectivity index (χ3v) is 7.85. The molecule has 1 aliphatic carbocycles. The molecule has 2 aromatic carbocycles. The average Bonchev–Trinajstić information content (AvgIpc) is 3.42. The van der Waals surface area contributed by atoms with Gasteiger partial charge in [-0.1, -0.05) is 79.9 Å². The van der Waals surface area contributed by atoms with Crippen LogP contribution in [0.4, 0.5) is 0 Å². The maximum Gasteiger partial charge on any atom is 0.231 e. The number of likely N-dealkylation sites (N-methyl/N-ethyl adjacent to an activating group) is 1. The number of fused-ring (bicyclic) bond motifs is 1. The molecule has 5 heteroatoms. The predicted octanol–water partition coefficient (Wildman–Crippen LogP) is 7.19. The molecule has 2 aromatic rings. The van der Waals surface area contributed by atoms with E-state index in [2.05, 4.69) is 106 Å². The van der Waals surface area contributed by atoms with Crippen LogP contribution in [0.25, 0.3) is 16.7 Å². The van der Waals surface area contributed by atoms with Crippen LogP contribution in [0.1, 0.15) is 19.4 Å². The van der Waals surface area contributed by atoms with Crippen molar-refractivity contribution in [3.8, 4) is 11.1 Å². The number of methoxy groups -OCH3 is 2. The Labute approximate surface area is 237 Å². The van der Waals surface area contributed by atoms with E-state index in [0.29, 0.717) is 23.0 Å². The standard InChI is InChI=1S/C35H36NO4/c1-22-13-18-29-33(23(2)26-14-16-28(17-15-26)27-11-9-8-10-12-27)31(35-25(4)39-21-40-35)20-36(5)34(29)30(22)19-32(38-7)24(3)37-6/h8-20,29,34H,3-4,21H2,1-2,5-7H3/q+1. The third kappa shape index (κ3) is 4.95. The highest BCUT2D eigenvalue weighted by Gasteiger charge is 2.43. The van der Waals surface area contributed by atoms with Crippen LogP contribution in [0.3, 0.4) is 0 Å². The second-order valence-corrected chi connectivity index (χ2v) is 10.2. The van der Waals surface area contributed by atoms with Gasteiger partial charge in [0.2, 0.25) is 6.79 Å². The second-order valence-electron chi connectivity index (χ2n) is 10.2. The van der Waals surface area contributed by atoms with Crippen molar-refractivity contribution in [2.75, 3.05) is 28.1 Å². The number of nitrogens with zero attached hydrogens (tertiary/aromatic N) is 1. The van der Waals surface area contributed by atoms with Gasteiger partial charge in [-0.25, -0.2) is 4.58 Å². The monoisotopic (exact) mass is 534 g/mol.